The van der Waals surface area contributed by atoms with Gasteiger partial charge >= 0.3 is 0 Å². The van der Waals surface area contributed by atoms with Crippen LogP contribution in [0.15, 0.2) is 42.5 Å². The molecule has 0 aliphatic heterocycles. The van der Waals surface area contributed by atoms with Gasteiger partial charge in [0.05, 0.1) is 17.1 Å². The topological polar surface area (TPSA) is 81.1 Å². The lowest BCUT2D eigenvalue weighted by atomic mass is 10.1. The monoisotopic (exact) mass is 323 g/mol. The summed E-state index contributed by atoms with van der Waals surface area (Å²) in [6, 6.07) is 13.2. The van der Waals surface area contributed by atoms with Crippen LogP contribution in [0.1, 0.15) is 47.3 Å². The van der Waals surface area contributed by atoms with E-state index in [1.54, 1.807) is 19.1 Å². The van der Waals surface area contributed by atoms with Crippen molar-refractivity contribution >= 4 is 16.9 Å². The normalized spacial score (nSPS) is 12.5. The van der Waals surface area contributed by atoms with Gasteiger partial charge in [-0.25, -0.2) is 4.98 Å². The fraction of sp³-hybridized carbons (Fsp3) is 0.263. The minimum Gasteiger partial charge on any atom is -0.389 e. The van der Waals surface area contributed by atoms with E-state index in [9.17, 15) is 9.90 Å². The van der Waals surface area contributed by atoms with E-state index >= 15 is 0 Å². The molecule has 0 aliphatic rings. The summed E-state index contributed by atoms with van der Waals surface area (Å²) in [5, 5.41) is 9.62. The zero-order chi connectivity index (χ0) is 17.3. The number of rotatable bonds is 5. The average Bonchev–Trinajstić information content (AvgIpc) is 2.92. The molecule has 3 rings (SSSR count). The van der Waals surface area contributed by atoms with Gasteiger partial charge in [0.1, 0.15) is 5.82 Å². The zero-order valence-electron chi connectivity index (χ0n) is 13.9. The number of aliphatic hydroxyl groups is 1. The van der Waals surface area contributed by atoms with Crippen LogP contribution in [0.3, 0.4) is 0 Å². The quantitative estimate of drug-likeness (QED) is 0.757. The lowest BCUT2D eigenvalue weighted by Crippen LogP contribution is -2.11. The maximum absolute atomic E-state index is 11.5. The summed E-state index contributed by atoms with van der Waals surface area (Å²) in [4.78, 5) is 16.1. The van der Waals surface area contributed by atoms with E-state index in [1.165, 1.54) is 0 Å². The molecule has 5 heteroatoms. The molecule has 0 radical (unpaired) electrons. The van der Waals surface area contributed by atoms with Crippen molar-refractivity contribution in [3.8, 4) is 0 Å². The summed E-state index contributed by atoms with van der Waals surface area (Å²) in [5.74, 6) is 0.523. The number of aliphatic hydroxyl groups excluding tert-OH is 1. The SMILES string of the molecule is CCc1nc2ccc(C(N)=O)cc2n1Cc1ccc(C(C)O)cc1. The van der Waals surface area contributed by atoms with Crippen molar-refractivity contribution in [2.45, 2.75) is 32.9 Å². The number of carbonyl (C=O) groups is 1. The molecule has 0 saturated heterocycles. The van der Waals surface area contributed by atoms with Gasteiger partial charge in [-0.2, -0.15) is 0 Å². The second kappa shape index (κ2) is 6.45. The molecule has 1 amide bonds. The summed E-state index contributed by atoms with van der Waals surface area (Å²) in [5.41, 5.74) is 9.64. The zero-order valence-corrected chi connectivity index (χ0v) is 13.9. The first-order valence-electron chi connectivity index (χ1n) is 8.05. The van der Waals surface area contributed by atoms with Crippen molar-refractivity contribution < 1.29 is 9.90 Å². The van der Waals surface area contributed by atoms with Crippen molar-refractivity contribution in [3.05, 3.63) is 65.0 Å². The van der Waals surface area contributed by atoms with Crippen LogP contribution in [-0.4, -0.2) is 20.6 Å². The van der Waals surface area contributed by atoms with Crippen LogP contribution >= 0.6 is 0 Å². The first-order valence-corrected chi connectivity index (χ1v) is 8.05. The van der Waals surface area contributed by atoms with Crippen molar-refractivity contribution in [1.82, 2.24) is 9.55 Å². The van der Waals surface area contributed by atoms with E-state index in [4.69, 9.17) is 5.73 Å². The summed E-state index contributed by atoms with van der Waals surface area (Å²) in [6.45, 7) is 4.46. The van der Waals surface area contributed by atoms with Crippen molar-refractivity contribution in [3.63, 3.8) is 0 Å². The number of fused-ring (bicyclic) bond motifs is 1. The van der Waals surface area contributed by atoms with Crippen LogP contribution in [0.2, 0.25) is 0 Å². The molecular weight excluding hydrogens is 302 g/mol. The Morgan fingerprint density at radius 1 is 1.25 bits per heavy atom. The number of carbonyl (C=O) groups excluding carboxylic acids is 1. The number of primary amides is 1. The van der Waals surface area contributed by atoms with E-state index in [0.717, 1.165) is 34.4 Å². The molecule has 0 aliphatic carbocycles. The highest BCUT2D eigenvalue weighted by atomic mass is 16.3. The fourth-order valence-corrected chi connectivity index (χ4v) is 2.86. The second-order valence-electron chi connectivity index (χ2n) is 5.95. The van der Waals surface area contributed by atoms with Crippen LogP contribution in [0.4, 0.5) is 0 Å². The molecule has 3 N–H and O–H groups in total. The van der Waals surface area contributed by atoms with Gasteiger partial charge in [-0.15, -0.1) is 0 Å². The molecule has 0 spiro atoms. The largest absolute Gasteiger partial charge is 0.389 e. The molecule has 24 heavy (non-hydrogen) atoms. The lowest BCUT2D eigenvalue weighted by molar-refractivity contribution is 0.100. The predicted molar refractivity (Wildman–Crippen MR) is 93.8 cm³/mol. The third-order valence-corrected chi connectivity index (χ3v) is 4.23. The van der Waals surface area contributed by atoms with Gasteiger partial charge in [0, 0.05) is 18.5 Å². The number of amides is 1. The summed E-state index contributed by atoms with van der Waals surface area (Å²) in [6.07, 6.45) is 0.323. The van der Waals surface area contributed by atoms with Gasteiger partial charge in [0.25, 0.3) is 0 Å². The molecule has 1 atom stereocenters. The second-order valence-corrected chi connectivity index (χ2v) is 5.95. The van der Waals surface area contributed by atoms with E-state index in [-0.39, 0.29) is 0 Å². The smallest absolute Gasteiger partial charge is 0.248 e. The molecular formula is C19H21N3O2. The molecule has 1 heterocycles. The van der Waals surface area contributed by atoms with E-state index in [0.29, 0.717) is 12.1 Å². The van der Waals surface area contributed by atoms with E-state index in [2.05, 4.69) is 16.5 Å². The third-order valence-electron chi connectivity index (χ3n) is 4.23. The number of aryl methyl sites for hydroxylation is 1. The summed E-state index contributed by atoms with van der Waals surface area (Å²) in [7, 11) is 0. The van der Waals surface area contributed by atoms with Gasteiger partial charge in [0.15, 0.2) is 0 Å². The van der Waals surface area contributed by atoms with E-state index in [1.807, 2.05) is 30.3 Å². The molecule has 2 aromatic carbocycles. The molecule has 1 unspecified atom stereocenters. The maximum Gasteiger partial charge on any atom is 0.248 e. The van der Waals surface area contributed by atoms with Crippen LogP contribution in [0.5, 0.6) is 0 Å². The molecule has 0 saturated carbocycles. The standard InChI is InChI=1S/C19H21N3O2/c1-3-18-21-16-9-8-15(19(20)24)10-17(16)22(18)11-13-4-6-14(7-5-13)12(2)23/h4-10,12,23H,3,11H2,1-2H3,(H2,20,24). The Kier molecular flexibility index (Phi) is 4.36. The van der Waals surface area contributed by atoms with Crippen molar-refractivity contribution in [2.24, 2.45) is 5.73 Å². The molecule has 3 aromatic rings. The van der Waals surface area contributed by atoms with Crippen molar-refractivity contribution in [2.75, 3.05) is 0 Å². The van der Waals surface area contributed by atoms with Crippen LogP contribution < -0.4 is 5.73 Å². The van der Waals surface area contributed by atoms with Gasteiger partial charge in [-0.3, -0.25) is 4.79 Å². The average molecular weight is 323 g/mol. The van der Waals surface area contributed by atoms with Crippen LogP contribution in [-0.2, 0) is 13.0 Å². The number of benzene rings is 2. The number of imidazole rings is 1. The van der Waals surface area contributed by atoms with Gasteiger partial charge in [0.2, 0.25) is 5.91 Å². The molecule has 124 valence electrons. The maximum atomic E-state index is 11.5. The highest BCUT2D eigenvalue weighted by Crippen LogP contribution is 2.21. The molecule has 0 bridgehead atoms. The minimum atomic E-state index is -0.475. The highest BCUT2D eigenvalue weighted by molar-refractivity contribution is 5.96. The first-order chi connectivity index (χ1) is 11.5. The van der Waals surface area contributed by atoms with Gasteiger partial charge < -0.3 is 15.4 Å². The molecule has 5 nitrogen and oxygen atoms in total. The highest BCUT2D eigenvalue weighted by Gasteiger charge is 2.12. The summed E-state index contributed by atoms with van der Waals surface area (Å²) >= 11 is 0. The number of nitrogens with two attached hydrogens (primary N) is 1. The van der Waals surface area contributed by atoms with Crippen LogP contribution in [0, 0.1) is 0 Å². The summed E-state index contributed by atoms with van der Waals surface area (Å²) < 4.78 is 2.11. The molecule has 0 fully saturated rings. The number of hydrogen-bond donors (Lipinski definition) is 2. The Hall–Kier alpha value is -2.66. The Balaban J connectivity index is 2.03. The number of aromatic nitrogens is 2. The minimum absolute atomic E-state index is 0.441. The third kappa shape index (κ3) is 3.03. The fourth-order valence-electron chi connectivity index (χ4n) is 2.86. The number of nitrogens with zero attached hydrogens (tertiary/aromatic N) is 2. The Morgan fingerprint density at radius 2 is 1.96 bits per heavy atom. The van der Waals surface area contributed by atoms with Crippen molar-refractivity contribution in [1.29, 1.82) is 0 Å². The van der Waals surface area contributed by atoms with Crippen LogP contribution in [0.25, 0.3) is 11.0 Å². The van der Waals surface area contributed by atoms with Gasteiger partial charge in [-0.1, -0.05) is 31.2 Å². The Morgan fingerprint density at radius 3 is 2.54 bits per heavy atom. The van der Waals surface area contributed by atoms with E-state index < -0.39 is 12.0 Å². The predicted octanol–water partition coefficient (Wildman–Crippen LogP) is 2.80. The van der Waals surface area contributed by atoms with Gasteiger partial charge in [-0.05, 0) is 36.2 Å². The molecule has 1 aromatic heterocycles. The Bertz CT molecular complexity index is 880. The first kappa shape index (κ1) is 16.2. The lowest BCUT2D eigenvalue weighted by Gasteiger charge is -2.10. The Labute approximate surface area is 140 Å². The number of hydrogen-bond acceptors (Lipinski definition) is 3.